The van der Waals surface area contributed by atoms with E-state index in [1.807, 2.05) is 12.1 Å². The van der Waals surface area contributed by atoms with Crippen LogP contribution in [0.15, 0.2) is 34.9 Å². The topological polar surface area (TPSA) is 90.7 Å². The van der Waals surface area contributed by atoms with Crippen molar-refractivity contribution in [2.75, 3.05) is 11.5 Å². The van der Waals surface area contributed by atoms with Crippen LogP contribution in [0.25, 0.3) is 22.3 Å². The Morgan fingerprint density at radius 2 is 1.90 bits per heavy atom. The average molecular weight is 351 g/mol. The van der Waals surface area contributed by atoms with Gasteiger partial charge in [0.1, 0.15) is 11.6 Å². The van der Waals surface area contributed by atoms with Crippen molar-refractivity contribution in [3.8, 4) is 11.4 Å². The molecule has 3 aromatic rings. The Morgan fingerprint density at radius 3 is 2.65 bits per heavy atom. The Kier molecular flexibility index (Phi) is 3.19. The van der Waals surface area contributed by atoms with Crippen LogP contribution < -0.4 is 11.5 Å². The Bertz CT molecular complexity index is 821. The third-order valence-electron chi connectivity index (χ3n) is 2.81. The average Bonchev–Trinajstić information content (AvgIpc) is 2.42. The van der Waals surface area contributed by atoms with E-state index in [0.29, 0.717) is 33.4 Å². The molecule has 3 rings (SSSR count). The summed E-state index contributed by atoms with van der Waals surface area (Å²) in [5.74, 6) is 1.24. The second kappa shape index (κ2) is 4.88. The molecule has 100 valence electrons. The van der Waals surface area contributed by atoms with Gasteiger partial charge in [-0.05, 0) is 40.2 Å². The maximum atomic E-state index is 6.08. The number of nitrogens with zero attached hydrogens (tertiary/aromatic N) is 3. The Hall–Kier alpha value is -1.92. The van der Waals surface area contributed by atoms with E-state index in [1.54, 1.807) is 18.3 Å². The third-order valence-corrected chi connectivity index (χ3v) is 4.04. The van der Waals surface area contributed by atoms with Gasteiger partial charge >= 0.3 is 0 Å². The van der Waals surface area contributed by atoms with Gasteiger partial charge in [-0.2, -0.15) is 0 Å². The maximum Gasteiger partial charge on any atom is 0.162 e. The zero-order valence-corrected chi connectivity index (χ0v) is 12.5. The lowest BCUT2D eigenvalue weighted by atomic mass is 10.2. The van der Waals surface area contributed by atoms with Gasteiger partial charge in [0.25, 0.3) is 0 Å². The summed E-state index contributed by atoms with van der Waals surface area (Å²) in [6.45, 7) is 0. The quantitative estimate of drug-likeness (QED) is 0.703. The van der Waals surface area contributed by atoms with Crippen molar-refractivity contribution in [2.24, 2.45) is 0 Å². The molecule has 0 unspecified atom stereocenters. The predicted octanol–water partition coefficient (Wildman–Crippen LogP) is 3.27. The number of anilines is 2. The van der Waals surface area contributed by atoms with Crippen LogP contribution in [-0.4, -0.2) is 15.0 Å². The molecule has 0 fully saturated rings. The molecule has 7 heteroatoms. The fraction of sp³-hybridized carbons (Fsp3) is 0. The summed E-state index contributed by atoms with van der Waals surface area (Å²) >= 11 is 9.42. The Balaban J connectivity index is 2.21. The summed E-state index contributed by atoms with van der Waals surface area (Å²) in [6.07, 6.45) is 1.58. The Labute approximate surface area is 128 Å². The number of hydrogen-bond donors (Lipinski definition) is 2. The number of fused-ring (bicyclic) bond motifs is 1. The second-order valence-electron chi connectivity index (χ2n) is 4.19. The summed E-state index contributed by atoms with van der Waals surface area (Å²) in [5, 5.41) is 1.27. The zero-order chi connectivity index (χ0) is 14.3. The minimum Gasteiger partial charge on any atom is -0.384 e. The van der Waals surface area contributed by atoms with Crippen molar-refractivity contribution in [1.29, 1.82) is 0 Å². The lowest BCUT2D eigenvalue weighted by Crippen LogP contribution is -2.00. The highest BCUT2D eigenvalue weighted by atomic mass is 79.9. The summed E-state index contributed by atoms with van der Waals surface area (Å²) in [7, 11) is 0. The van der Waals surface area contributed by atoms with Crippen molar-refractivity contribution in [3.63, 3.8) is 0 Å². The smallest absolute Gasteiger partial charge is 0.162 e. The summed E-state index contributed by atoms with van der Waals surface area (Å²) in [6, 6.07) is 7.13. The monoisotopic (exact) mass is 349 g/mol. The Morgan fingerprint density at radius 1 is 1.10 bits per heavy atom. The van der Waals surface area contributed by atoms with Gasteiger partial charge in [-0.1, -0.05) is 11.6 Å². The van der Waals surface area contributed by atoms with Crippen LogP contribution in [0.5, 0.6) is 0 Å². The number of aromatic nitrogens is 3. The highest BCUT2D eigenvalue weighted by Gasteiger charge is 2.09. The van der Waals surface area contributed by atoms with E-state index in [1.165, 1.54) is 0 Å². The first kappa shape index (κ1) is 13.1. The summed E-state index contributed by atoms with van der Waals surface area (Å²) < 4.78 is 0.811. The molecule has 20 heavy (non-hydrogen) atoms. The largest absolute Gasteiger partial charge is 0.384 e. The highest BCUT2D eigenvalue weighted by Crippen LogP contribution is 2.29. The van der Waals surface area contributed by atoms with Crippen LogP contribution in [-0.2, 0) is 0 Å². The molecule has 0 aliphatic carbocycles. The second-order valence-corrected chi connectivity index (χ2v) is 5.45. The van der Waals surface area contributed by atoms with Gasteiger partial charge in [0.15, 0.2) is 5.82 Å². The molecule has 0 saturated carbocycles. The molecule has 0 aliphatic heterocycles. The molecule has 0 spiro atoms. The van der Waals surface area contributed by atoms with Crippen molar-refractivity contribution in [2.45, 2.75) is 0 Å². The van der Waals surface area contributed by atoms with E-state index in [4.69, 9.17) is 23.1 Å². The maximum absolute atomic E-state index is 6.08. The molecule has 2 aromatic heterocycles. The van der Waals surface area contributed by atoms with Gasteiger partial charge in [-0.3, -0.25) is 0 Å². The van der Waals surface area contributed by atoms with Crippen LogP contribution in [0.4, 0.5) is 11.6 Å². The minimum absolute atomic E-state index is 0.359. The molecule has 1 aromatic carbocycles. The molecular weight excluding hydrogens is 342 g/mol. The van der Waals surface area contributed by atoms with Crippen LogP contribution in [0.1, 0.15) is 0 Å². The number of benzene rings is 1. The SMILES string of the molecule is Nc1cc2c(N)nc(-c3ccc(Br)c(Cl)c3)nc2cn1. The number of rotatable bonds is 1. The number of pyridine rings is 1. The van der Waals surface area contributed by atoms with Crippen molar-refractivity contribution in [1.82, 2.24) is 15.0 Å². The fourth-order valence-corrected chi connectivity index (χ4v) is 2.26. The van der Waals surface area contributed by atoms with Crippen molar-refractivity contribution < 1.29 is 0 Å². The van der Waals surface area contributed by atoms with E-state index in [2.05, 4.69) is 30.9 Å². The molecule has 0 atom stereocenters. The summed E-state index contributed by atoms with van der Waals surface area (Å²) in [5.41, 5.74) is 13.0. The van der Waals surface area contributed by atoms with E-state index in [0.717, 1.165) is 10.0 Å². The molecule has 2 heterocycles. The number of hydrogen-bond acceptors (Lipinski definition) is 5. The van der Waals surface area contributed by atoms with E-state index < -0.39 is 0 Å². The molecule has 0 radical (unpaired) electrons. The van der Waals surface area contributed by atoms with Gasteiger partial charge < -0.3 is 11.5 Å². The minimum atomic E-state index is 0.359. The molecule has 0 saturated heterocycles. The van der Waals surface area contributed by atoms with Crippen LogP contribution >= 0.6 is 27.5 Å². The van der Waals surface area contributed by atoms with Gasteiger partial charge in [0, 0.05) is 15.4 Å². The highest BCUT2D eigenvalue weighted by molar-refractivity contribution is 9.10. The molecule has 0 aliphatic rings. The first-order valence-corrected chi connectivity index (χ1v) is 6.86. The van der Waals surface area contributed by atoms with Gasteiger partial charge in [0.2, 0.25) is 0 Å². The van der Waals surface area contributed by atoms with Crippen LogP contribution in [0.3, 0.4) is 0 Å². The van der Waals surface area contributed by atoms with Gasteiger partial charge in [-0.15, -0.1) is 0 Å². The number of nitrogens with two attached hydrogens (primary N) is 2. The molecule has 0 amide bonds. The molecule has 4 N–H and O–H groups in total. The van der Waals surface area contributed by atoms with Gasteiger partial charge in [0.05, 0.1) is 16.7 Å². The molecule has 5 nitrogen and oxygen atoms in total. The van der Waals surface area contributed by atoms with E-state index in [9.17, 15) is 0 Å². The van der Waals surface area contributed by atoms with E-state index in [-0.39, 0.29) is 0 Å². The first-order valence-electron chi connectivity index (χ1n) is 5.69. The lowest BCUT2D eigenvalue weighted by Gasteiger charge is -2.06. The lowest BCUT2D eigenvalue weighted by molar-refractivity contribution is 1.22. The van der Waals surface area contributed by atoms with E-state index >= 15 is 0 Å². The number of halogens is 2. The van der Waals surface area contributed by atoms with Crippen LogP contribution in [0, 0.1) is 0 Å². The van der Waals surface area contributed by atoms with Crippen molar-refractivity contribution >= 4 is 50.1 Å². The van der Waals surface area contributed by atoms with Crippen LogP contribution in [0.2, 0.25) is 5.02 Å². The first-order chi connectivity index (χ1) is 9.54. The fourth-order valence-electron chi connectivity index (χ4n) is 1.84. The molecular formula is C13H9BrClN5. The number of nitrogen functional groups attached to an aromatic ring is 2. The molecule has 0 bridgehead atoms. The predicted molar refractivity (Wildman–Crippen MR) is 84.3 cm³/mol. The normalized spacial score (nSPS) is 10.9. The van der Waals surface area contributed by atoms with Crippen molar-refractivity contribution in [3.05, 3.63) is 40.0 Å². The standard InChI is InChI=1S/C13H9BrClN5/c14-8-2-1-6(3-9(8)15)13-19-10-5-18-11(16)4-7(10)12(17)20-13/h1-5H,(H2,16,18)(H2,17,19,20). The zero-order valence-electron chi connectivity index (χ0n) is 10.1. The van der Waals surface area contributed by atoms with Gasteiger partial charge in [-0.25, -0.2) is 15.0 Å². The third kappa shape index (κ3) is 2.28. The summed E-state index contributed by atoms with van der Waals surface area (Å²) in [4.78, 5) is 12.7.